The molecule has 118 valence electrons. The van der Waals surface area contributed by atoms with Gasteiger partial charge in [-0.2, -0.15) is 4.68 Å². The molecule has 3 heterocycles. The highest BCUT2D eigenvalue weighted by molar-refractivity contribution is 5.89. The average Bonchev–Trinajstić information content (AvgIpc) is 3.12. The molecule has 0 aliphatic carbocycles. The molecule has 25 heavy (non-hydrogen) atoms. The molecule has 0 saturated heterocycles. The summed E-state index contributed by atoms with van der Waals surface area (Å²) in [6.07, 6.45) is 3.49. The lowest BCUT2D eigenvalue weighted by Gasteiger charge is -2.09. The summed E-state index contributed by atoms with van der Waals surface area (Å²) in [4.78, 5) is 13.6. The van der Waals surface area contributed by atoms with Gasteiger partial charge in [0.1, 0.15) is 5.52 Å². The van der Waals surface area contributed by atoms with E-state index in [4.69, 9.17) is 4.98 Å². The molecule has 0 aliphatic heterocycles. The maximum Gasteiger partial charge on any atom is 0.167 e. The normalized spacial score (nSPS) is 11.2. The molecule has 5 rings (SSSR count). The number of hydrogen-bond donors (Lipinski definition) is 0. The number of hydrogen-bond acceptors (Lipinski definition) is 5. The number of para-hydroxylation sites is 2. The van der Waals surface area contributed by atoms with Crippen LogP contribution in [0.15, 0.2) is 73.1 Å². The van der Waals surface area contributed by atoms with Gasteiger partial charge in [0.2, 0.25) is 0 Å². The van der Waals surface area contributed by atoms with Crippen LogP contribution in [-0.4, -0.2) is 29.9 Å². The SMILES string of the molecule is c1cncc(-c2nc(-n3nnc4ccccc43)c3ccccc3n2)c1. The van der Waals surface area contributed by atoms with E-state index in [1.165, 1.54) is 0 Å². The molecule has 6 nitrogen and oxygen atoms in total. The Balaban J connectivity index is 1.85. The van der Waals surface area contributed by atoms with Crippen molar-refractivity contribution in [1.82, 2.24) is 29.9 Å². The molecule has 0 aliphatic rings. The molecule has 2 aromatic carbocycles. The molecular formula is C19H12N6. The summed E-state index contributed by atoms with van der Waals surface area (Å²) >= 11 is 0. The van der Waals surface area contributed by atoms with Crippen LogP contribution in [0.3, 0.4) is 0 Å². The lowest BCUT2D eigenvalue weighted by atomic mass is 10.2. The largest absolute Gasteiger partial charge is 0.264 e. The van der Waals surface area contributed by atoms with Crippen molar-refractivity contribution < 1.29 is 0 Å². The van der Waals surface area contributed by atoms with Gasteiger partial charge >= 0.3 is 0 Å². The third-order valence-electron chi connectivity index (χ3n) is 4.06. The van der Waals surface area contributed by atoms with E-state index < -0.39 is 0 Å². The first-order valence-electron chi connectivity index (χ1n) is 7.88. The fourth-order valence-electron chi connectivity index (χ4n) is 2.87. The molecule has 0 radical (unpaired) electrons. The molecule has 0 spiro atoms. The Morgan fingerprint density at radius 3 is 2.48 bits per heavy atom. The Labute approximate surface area is 142 Å². The van der Waals surface area contributed by atoms with Gasteiger partial charge in [-0.1, -0.05) is 29.5 Å². The lowest BCUT2D eigenvalue weighted by Crippen LogP contribution is -2.04. The van der Waals surface area contributed by atoms with Crippen LogP contribution in [0.25, 0.3) is 39.1 Å². The number of pyridine rings is 1. The first kappa shape index (κ1) is 13.7. The van der Waals surface area contributed by atoms with Crippen LogP contribution < -0.4 is 0 Å². The summed E-state index contributed by atoms with van der Waals surface area (Å²) in [5, 5.41) is 9.48. The van der Waals surface area contributed by atoms with Gasteiger partial charge in [0, 0.05) is 23.3 Å². The zero-order valence-corrected chi connectivity index (χ0v) is 13.1. The Morgan fingerprint density at radius 2 is 1.60 bits per heavy atom. The fraction of sp³-hybridized carbons (Fsp3) is 0. The molecule has 0 N–H and O–H groups in total. The van der Waals surface area contributed by atoms with Gasteiger partial charge in [-0.3, -0.25) is 4.98 Å². The van der Waals surface area contributed by atoms with Crippen LogP contribution in [0.2, 0.25) is 0 Å². The van der Waals surface area contributed by atoms with Crippen molar-refractivity contribution in [3.05, 3.63) is 73.1 Å². The monoisotopic (exact) mass is 324 g/mol. The predicted molar refractivity (Wildman–Crippen MR) is 95.2 cm³/mol. The van der Waals surface area contributed by atoms with Crippen LogP contribution in [0.1, 0.15) is 0 Å². The smallest absolute Gasteiger partial charge is 0.167 e. The molecule has 3 aromatic heterocycles. The standard InChI is InChI=1S/C19H12N6/c1-2-8-15-14(7-1)19(22-18(21-15)13-6-5-11-20-12-13)25-17-10-4-3-9-16(17)23-24-25/h1-12H. The third-order valence-corrected chi connectivity index (χ3v) is 4.06. The molecule has 0 amide bonds. The Morgan fingerprint density at radius 1 is 0.760 bits per heavy atom. The van der Waals surface area contributed by atoms with Gasteiger partial charge < -0.3 is 0 Å². The maximum atomic E-state index is 4.77. The molecule has 0 unspecified atom stereocenters. The number of rotatable bonds is 2. The van der Waals surface area contributed by atoms with Crippen molar-refractivity contribution in [2.75, 3.05) is 0 Å². The van der Waals surface area contributed by atoms with E-state index in [-0.39, 0.29) is 0 Å². The van der Waals surface area contributed by atoms with Crippen molar-refractivity contribution >= 4 is 21.9 Å². The van der Waals surface area contributed by atoms with E-state index in [1.54, 1.807) is 17.1 Å². The van der Waals surface area contributed by atoms with Crippen molar-refractivity contribution in [3.63, 3.8) is 0 Å². The van der Waals surface area contributed by atoms with E-state index >= 15 is 0 Å². The molecule has 0 saturated carbocycles. The van der Waals surface area contributed by atoms with Gasteiger partial charge in [0.25, 0.3) is 0 Å². The van der Waals surface area contributed by atoms with Crippen molar-refractivity contribution in [2.24, 2.45) is 0 Å². The van der Waals surface area contributed by atoms with Gasteiger partial charge in [0.15, 0.2) is 11.6 Å². The van der Waals surface area contributed by atoms with Crippen LogP contribution in [0, 0.1) is 0 Å². The quantitative estimate of drug-likeness (QED) is 0.497. The van der Waals surface area contributed by atoms with Crippen LogP contribution in [0.5, 0.6) is 0 Å². The second kappa shape index (κ2) is 5.45. The first-order valence-corrected chi connectivity index (χ1v) is 7.88. The van der Waals surface area contributed by atoms with Crippen LogP contribution in [-0.2, 0) is 0 Å². The van der Waals surface area contributed by atoms with Crippen molar-refractivity contribution in [2.45, 2.75) is 0 Å². The Bertz CT molecular complexity index is 1200. The van der Waals surface area contributed by atoms with E-state index in [1.807, 2.05) is 60.7 Å². The molecular weight excluding hydrogens is 312 g/mol. The summed E-state index contributed by atoms with van der Waals surface area (Å²) in [5.41, 5.74) is 3.45. The van der Waals surface area contributed by atoms with Crippen molar-refractivity contribution in [3.8, 4) is 17.2 Å². The Hall–Kier alpha value is -3.67. The van der Waals surface area contributed by atoms with Gasteiger partial charge in [0.05, 0.1) is 11.0 Å². The highest BCUT2D eigenvalue weighted by Crippen LogP contribution is 2.25. The molecule has 0 fully saturated rings. The van der Waals surface area contributed by atoms with Crippen molar-refractivity contribution in [1.29, 1.82) is 0 Å². The van der Waals surface area contributed by atoms with E-state index in [9.17, 15) is 0 Å². The summed E-state index contributed by atoms with van der Waals surface area (Å²) in [7, 11) is 0. The molecule has 0 bridgehead atoms. The van der Waals surface area contributed by atoms with Crippen LogP contribution in [0.4, 0.5) is 0 Å². The first-order chi connectivity index (χ1) is 12.4. The Kier molecular flexibility index (Phi) is 3.00. The van der Waals surface area contributed by atoms with Gasteiger partial charge in [-0.25, -0.2) is 9.97 Å². The zero-order chi connectivity index (χ0) is 16.6. The molecule has 5 aromatic rings. The topological polar surface area (TPSA) is 69.4 Å². The molecule has 6 heteroatoms. The second-order valence-electron chi connectivity index (χ2n) is 5.62. The highest BCUT2D eigenvalue weighted by Gasteiger charge is 2.14. The summed E-state index contributed by atoms with van der Waals surface area (Å²) in [6.45, 7) is 0. The highest BCUT2D eigenvalue weighted by atomic mass is 15.4. The number of fused-ring (bicyclic) bond motifs is 2. The minimum Gasteiger partial charge on any atom is -0.264 e. The number of nitrogens with zero attached hydrogens (tertiary/aromatic N) is 6. The van der Waals surface area contributed by atoms with Crippen LogP contribution >= 0.6 is 0 Å². The minimum atomic E-state index is 0.612. The predicted octanol–water partition coefficient (Wildman–Crippen LogP) is 3.43. The summed E-state index contributed by atoms with van der Waals surface area (Å²) in [6, 6.07) is 19.5. The molecule has 0 atom stereocenters. The third kappa shape index (κ3) is 2.23. The summed E-state index contributed by atoms with van der Waals surface area (Å²) < 4.78 is 1.76. The van der Waals surface area contributed by atoms with Gasteiger partial charge in [-0.05, 0) is 36.4 Å². The number of aromatic nitrogens is 6. The number of benzene rings is 2. The summed E-state index contributed by atoms with van der Waals surface area (Å²) in [5.74, 6) is 1.32. The minimum absolute atomic E-state index is 0.612. The van der Waals surface area contributed by atoms with E-state index in [0.29, 0.717) is 11.6 Å². The van der Waals surface area contributed by atoms with E-state index in [0.717, 1.165) is 27.5 Å². The van der Waals surface area contributed by atoms with Gasteiger partial charge in [-0.15, -0.1) is 5.10 Å². The fourth-order valence-corrected chi connectivity index (χ4v) is 2.87. The zero-order valence-electron chi connectivity index (χ0n) is 13.1. The average molecular weight is 324 g/mol. The lowest BCUT2D eigenvalue weighted by molar-refractivity contribution is 0.806. The maximum absolute atomic E-state index is 4.77. The van der Waals surface area contributed by atoms with E-state index in [2.05, 4.69) is 20.3 Å². The second-order valence-corrected chi connectivity index (χ2v) is 5.62.